The molecule has 28 heavy (non-hydrogen) atoms. The smallest absolute Gasteiger partial charge is 0.280 e. The van der Waals surface area contributed by atoms with Crippen molar-refractivity contribution in [2.24, 2.45) is 0 Å². The van der Waals surface area contributed by atoms with Crippen LogP contribution in [0, 0.1) is 30.6 Å². The van der Waals surface area contributed by atoms with Crippen LogP contribution in [0.5, 0.6) is 0 Å². The fraction of sp³-hybridized carbons (Fsp3) is 0.400. The van der Waals surface area contributed by atoms with E-state index in [4.69, 9.17) is 20.6 Å². The Morgan fingerprint density at radius 3 is 2.50 bits per heavy atom. The van der Waals surface area contributed by atoms with Gasteiger partial charge < -0.3 is 19.5 Å². The van der Waals surface area contributed by atoms with E-state index in [1.807, 2.05) is 37.3 Å². The Labute approximate surface area is 168 Å². The maximum atomic E-state index is 12.4. The second-order valence-electron chi connectivity index (χ2n) is 5.74. The molecule has 0 saturated carbocycles. The molecule has 0 atom stereocenters. The van der Waals surface area contributed by atoms with Crippen molar-refractivity contribution in [2.45, 2.75) is 13.5 Å². The molecule has 7 nitrogen and oxygen atoms in total. The summed E-state index contributed by atoms with van der Waals surface area (Å²) >= 11 is 1.22. The first-order valence-corrected chi connectivity index (χ1v) is 9.58. The normalized spacial score (nSPS) is 10.4. The molecule has 2 rings (SSSR count). The van der Waals surface area contributed by atoms with E-state index in [0.717, 1.165) is 11.3 Å². The molecular weight excluding hydrogens is 378 g/mol. The number of nitrogens with one attached hydrogen (secondary N) is 1. The van der Waals surface area contributed by atoms with Gasteiger partial charge in [0.05, 0.1) is 39.6 Å². The first-order valence-electron chi connectivity index (χ1n) is 8.81. The third kappa shape index (κ3) is 6.52. The highest BCUT2D eigenvalue weighted by Crippen LogP contribution is 2.25. The van der Waals surface area contributed by atoms with Crippen LogP contribution in [0.3, 0.4) is 0 Å². The van der Waals surface area contributed by atoms with E-state index in [1.165, 1.54) is 15.5 Å². The third-order valence-corrected chi connectivity index (χ3v) is 4.80. The van der Waals surface area contributed by atoms with Crippen molar-refractivity contribution in [1.29, 1.82) is 5.26 Å². The van der Waals surface area contributed by atoms with Crippen LogP contribution in [0.15, 0.2) is 29.1 Å². The predicted molar refractivity (Wildman–Crippen MR) is 109 cm³/mol. The van der Waals surface area contributed by atoms with Crippen LogP contribution in [-0.4, -0.2) is 43.6 Å². The molecule has 1 N–H and O–H groups in total. The average molecular weight is 401 g/mol. The van der Waals surface area contributed by atoms with Crippen molar-refractivity contribution >= 4 is 22.2 Å². The summed E-state index contributed by atoms with van der Waals surface area (Å²) < 4.78 is 17.4. The number of benzene rings is 1. The van der Waals surface area contributed by atoms with Gasteiger partial charge in [-0.1, -0.05) is 24.1 Å². The molecule has 0 unspecified atom stereocenters. The van der Waals surface area contributed by atoms with E-state index in [2.05, 4.69) is 11.2 Å². The Balaban J connectivity index is 1.79. The number of anilines is 2. The standard InChI is InChI=1S/C20H23N3O4S/c1-3-9-25-11-13-27-14-12-26-10-8-23-20(24)17(15-21)19(28-23)22-18-7-5-4-6-16(18)2/h1,4-7,22H,8-14H2,2H3. The lowest BCUT2D eigenvalue weighted by atomic mass is 10.2. The molecule has 148 valence electrons. The van der Waals surface area contributed by atoms with Crippen molar-refractivity contribution in [3.05, 3.63) is 45.7 Å². The summed E-state index contributed by atoms with van der Waals surface area (Å²) in [5.41, 5.74) is 1.71. The second kappa shape index (κ2) is 12.0. The molecule has 2 aromatic rings. The van der Waals surface area contributed by atoms with E-state index in [0.29, 0.717) is 44.6 Å². The molecule has 0 saturated heterocycles. The molecule has 0 amide bonds. The number of hydrogen-bond donors (Lipinski definition) is 1. The van der Waals surface area contributed by atoms with Gasteiger partial charge in [0.2, 0.25) is 0 Å². The van der Waals surface area contributed by atoms with Crippen molar-refractivity contribution < 1.29 is 14.2 Å². The van der Waals surface area contributed by atoms with E-state index >= 15 is 0 Å². The van der Waals surface area contributed by atoms with Crippen molar-refractivity contribution in [1.82, 2.24) is 3.96 Å². The zero-order valence-electron chi connectivity index (χ0n) is 15.8. The molecule has 0 radical (unpaired) electrons. The minimum Gasteiger partial charge on any atom is -0.377 e. The quantitative estimate of drug-likeness (QED) is 0.435. The summed E-state index contributed by atoms with van der Waals surface area (Å²) in [6.07, 6.45) is 5.07. The number of rotatable bonds is 12. The Morgan fingerprint density at radius 2 is 1.82 bits per heavy atom. The van der Waals surface area contributed by atoms with Gasteiger partial charge in [0.15, 0.2) is 5.56 Å². The van der Waals surface area contributed by atoms with Gasteiger partial charge in [-0.05, 0) is 30.1 Å². The maximum Gasteiger partial charge on any atom is 0.280 e. The third-order valence-electron chi connectivity index (χ3n) is 3.74. The number of terminal acetylenes is 1. The van der Waals surface area contributed by atoms with E-state index in [1.54, 1.807) is 0 Å². The zero-order chi connectivity index (χ0) is 20.2. The van der Waals surface area contributed by atoms with Crippen LogP contribution in [0.25, 0.3) is 0 Å². The summed E-state index contributed by atoms with van der Waals surface area (Å²) in [5.74, 6) is 2.38. The van der Waals surface area contributed by atoms with Gasteiger partial charge in [-0.25, -0.2) is 0 Å². The molecule has 1 heterocycles. The SMILES string of the molecule is C#CCOCCOCCOCCn1sc(Nc2ccccc2C)c(C#N)c1=O. The molecule has 1 aromatic carbocycles. The molecule has 0 spiro atoms. The lowest BCUT2D eigenvalue weighted by Crippen LogP contribution is -2.19. The second-order valence-corrected chi connectivity index (χ2v) is 6.77. The molecule has 0 aliphatic rings. The summed E-state index contributed by atoms with van der Waals surface area (Å²) in [6.45, 7) is 4.71. The molecular formula is C20H23N3O4S. The molecule has 0 aliphatic carbocycles. The topological polar surface area (TPSA) is 85.5 Å². The summed E-state index contributed by atoms with van der Waals surface area (Å²) in [5, 5.41) is 13.1. The largest absolute Gasteiger partial charge is 0.377 e. The number of ether oxygens (including phenoxy) is 3. The van der Waals surface area contributed by atoms with Crippen LogP contribution < -0.4 is 10.9 Å². The van der Waals surface area contributed by atoms with Crippen LogP contribution in [0.1, 0.15) is 11.1 Å². The minimum atomic E-state index is -0.311. The van der Waals surface area contributed by atoms with Gasteiger partial charge in [0.25, 0.3) is 5.56 Å². The van der Waals surface area contributed by atoms with E-state index in [9.17, 15) is 10.1 Å². The molecule has 0 bridgehead atoms. The minimum absolute atomic E-state index is 0.114. The highest BCUT2D eigenvalue weighted by Gasteiger charge is 2.15. The Kier molecular flexibility index (Phi) is 9.26. The van der Waals surface area contributed by atoms with Crippen LogP contribution in [0.4, 0.5) is 10.7 Å². The monoisotopic (exact) mass is 401 g/mol. The van der Waals surface area contributed by atoms with Gasteiger partial charge in [-0.15, -0.1) is 6.42 Å². The highest BCUT2D eigenvalue weighted by atomic mass is 32.1. The summed E-state index contributed by atoms with van der Waals surface area (Å²) in [4.78, 5) is 12.4. The first kappa shape index (κ1) is 21.7. The number of nitriles is 1. The molecule has 1 aromatic heterocycles. The number of nitrogens with zero attached hydrogens (tertiary/aromatic N) is 2. The maximum absolute atomic E-state index is 12.4. The van der Waals surface area contributed by atoms with Crippen LogP contribution >= 0.6 is 11.5 Å². The highest BCUT2D eigenvalue weighted by molar-refractivity contribution is 7.11. The van der Waals surface area contributed by atoms with E-state index in [-0.39, 0.29) is 17.7 Å². The summed E-state index contributed by atoms with van der Waals surface area (Å²) in [7, 11) is 0. The fourth-order valence-electron chi connectivity index (χ4n) is 2.30. The summed E-state index contributed by atoms with van der Waals surface area (Å²) in [6, 6.07) is 9.70. The predicted octanol–water partition coefficient (Wildman–Crippen LogP) is 2.52. The van der Waals surface area contributed by atoms with Crippen molar-refractivity contribution in [3.8, 4) is 18.4 Å². The van der Waals surface area contributed by atoms with Crippen molar-refractivity contribution in [3.63, 3.8) is 0 Å². The lowest BCUT2D eigenvalue weighted by Gasteiger charge is -2.07. The van der Waals surface area contributed by atoms with Crippen molar-refractivity contribution in [2.75, 3.05) is 45.0 Å². The number of hydrogen-bond acceptors (Lipinski definition) is 7. The molecule has 8 heteroatoms. The van der Waals surface area contributed by atoms with Gasteiger partial charge in [0, 0.05) is 5.69 Å². The number of aryl methyl sites for hydroxylation is 1. The van der Waals surface area contributed by atoms with Gasteiger partial charge >= 0.3 is 0 Å². The fourth-order valence-corrected chi connectivity index (χ4v) is 3.24. The van der Waals surface area contributed by atoms with Crippen LogP contribution in [-0.2, 0) is 20.8 Å². The molecule has 0 aliphatic heterocycles. The molecule has 0 fully saturated rings. The lowest BCUT2D eigenvalue weighted by molar-refractivity contribution is 0.0189. The van der Waals surface area contributed by atoms with Gasteiger partial charge in [0.1, 0.15) is 17.7 Å². The Hall–Kier alpha value is -2.62. The average Bonchev–Trinajstić information content (AvgIpc) is 2.99. The number of para-hydroxylation sites is 1. The van der Waals surface area contributed by atoms with Gasteiger partial charge in [-0.3, -0.25) is 8.75 Å². The Bertz CT molecular complexity index is 892. The van der Waals surface area contributed by atoms with Gasteiger partial charge in [-0.2, -0.15) is 5.26 Å². The first-order chi connectivity index (χ1) is 13.7. The van der Waals surface area contributed by atoms with E-state index < -0.39 is 0 Å². The van der Waals surface area contributed by atoms with Crippen LogP contribution in [0.2, 0.25) is 0 Å². The Morgan fingerprint density at radius 1 is 1.14 bits per heavy atom. The zero-order valence-corrected chi connectivity index (χ0v) is 16.6. The number of aromatic nitrogens is 1.